The third-order valence-electron chi connectivity index (χ3n) is 5.64. The van der Waals surface area contributed by atoms with Crippen molar-refractivity contribution in [2.45, 2.75) is 31.8 Å². The number of anilines is 3. The van der Waals surface area contributed by atoms with Crippen LogP contribution in [0.5, 0.6) is 0 Å². The van der Waals surface area contributed by atoms with E-state index in [4.69, 9.17) is 27.9 Å². The van der Waals surface area contributed by atoms with Gasteiger partial charge in [-0.1, -0.05) is 23.2 Å². The molecule has 2 aromatic rings. The first-order valence-corrected chi connectivity index (χ1v) is 11.6. The molecule has 0 aliphatic carbocycles. The van der Waals surface area contributed by atoms with E-state index in [2.05, 4.69) is 20.9 Å². The SMILES string of the molecule is O=C(Nc1ccc(N2CCCC2)c(C(=O)NCC2CCCO2)c1)Nc1ccc(Cl)cc1Cl. The Morgan fingerprint density at radius 1 is 1.03 bits per heavy atom. The standard InChI is InChI=1S/C23H26Cl2N4O3/c24-15-5-7-20(19(25)12-15)28-23(31)27-16-6-8-21(29-9-1-2-10-29)18(13-16)22(30)26-14-17-4-3-11-32-17/h5-8,12-13,17H,1-4,9-11,14H2,(H,26,30)(H2,27,28,31). The van der Waals surface area contributed by atoms with Gasteiger partial charge in [-0.25, -0.2) is 4.79 Å². The maximum Gasteiger partial charge on any atom is 0.323 e. The van der Waals surface area contributed by atoms with Crippen molar-refractivity contribution < 1.29 is 14.3 Å². The van der Waals surface area contributed by atoms with Crippen molar-refractivity contribution in [1.29, 1.82) is 0 Å². The molecule has 0 radical (unpaired) electrons. The zero-order chi connectivity index (χ0) is 22.5. The van der Waals surface area contributed by atoms with Crippen LogP contribution in [-0.2, 0) is 4.74 Å². The van der Waals surface area contributed by atoms with Gasteiger partial charge in [-0.3, -0.25) is 4.79 Å². The van der Waals surface area contributed by atoms with Gasteiger partial charge in [0.2, 0.25) is 0 Å². The number of carbonyl (C=O) groups excluding carboxylic acids is 2. The predicted octanol–water partition coefficient (Wildman–Crippen LogP) is 5.15. The van der Waals surface area contributed by atoms with Crippen LogP contribution < -0.4 is 20.9 Å². The molecule has 32 heavy (non-hydrogen) atoms. The Bertz CT molecular complexity index is 989. The maximum absolute atomic E-state index is 13.0. The lowest BCUT2D eigenvalue weighted by molar-refractivity contribution is 0.0858. The van der Waals surface area contributed by atoms with Gasteiger partial charge in [0, 0.05) is 42.6 Å². The van der Waals surface area contributed by atoms with Crippen LogP contribution in [0.1, 0.15) is 36.0 Å². The van der Waals surface area contributed by atoms with Crippen LogP contribution in [0.3, 0.4) is 0 Å². The van der Waals surface area contributed by atoms with Gasteiger partial charge in [-0.15, -0.1) is 0 Å². The predicted molar refractivity (Wildman–Crippen MR) is 128 cm³/mol. The Balaban J connectivity index is 1.48. The van der Waals surface area contributed by atoms with E-state index < -0.39 is 6.03 Å². The molecular formula is C23H26Cl2N4O3. The fourth-order valence-corrected chi connectivity index (χ4v) is 4.47. The molecule has 2 heterocycles. The van der Waals surface area contributed by atoms with Crippen molar-refractivity contribution in [3.63, 3.8) is 0 Å². The van der Waals surface area contributed by atoms with Gasteiger partial charge in [0.05, 0.1) is 22.4 Å². The first-order chi connectivity index (χ1) is 15.5. The number of carbonyl (C=O) groups is 2. The Labute approximate surface area is 197 Å². The molecule has 0 spiro atoms. The molecule has 0 aromatic heterocycles. The lowest BCUT2D eigenvalue weighted by Gasteiger charge is -2.22. The van der Waals surface area contributed by atoms with Crippen LogP contribution in [0.2, 0.25) is 10.0 Å². The third-order valence-corrected chi connectivity index (χ3v) is 6.19. The van der Waals surface area contributed by atoms with E-state index in [-0.39, 0.29) is 12.0 Å². The van der Waals surface area contributed by atoms with Crippen molar-refractivity contribution in [3.05, 3.63) is 52.0 Å². The number of halogens is 2. The van der Waals surface area contributed by atoms with E-state index in [0.29, 0.717) is 33.5 Å². The monoisotopic (exact) mass is 476 g/mol. The zero-order valence-corrected chi connectivity index (χ0v) is 19.1. The summed E-state index contributed by atoms with van der Waals surface area (Å²) in [6, 6.07) is 9.76. The largest absolute Gasteiger partial charge is 0.376 e. The van der Waals surface area contributed by atoms with Gasteiger partial charge in [0.1, 0.15) is 0 Å². The fraction of sp³-hybridized carbons (Fsp3) is 0.391. The van der Waals surface area contributed by atoms with Crippen molar-refractivity contribution in [1.82, 2.24) is 5.32 Å². The Hall–Kier alpha value is -2.48. The van der Waals surface area contributed by atoms with Crippen LogP contribution >= 0.6 is 23.2 Å². The number of rotatable bonds is 6. The van der Waals surface area contributed by atoms with E-state index in [0.717, 1.165) is 51.1 Å². The summed E-state index contributed by atoms with van der Waals surface area (Å²) < 4.78 is 5.61. The second kappa shape index (κ2) is 10.4. The average molecular weight is 477 g/mol. The minimum Gasteiger partial charge on any atom is -0.376 e. The van der Waals surface area contributed by atoms with E-state index >= 15 is 0 Å². The molecule has 0 saturated carbocycles. The van der Waals surface area contributed by atoms with Gasteiger partial charge in [0.15, 0.2) is 0 Å². The number of hydrogen-bond donors (Lipinski definition) is 3. The molecule has 2 aliphatic rings. The van der Waals surface area contributed by atoms with Gasteiger partial charge in [0.25, 0.3) is 5.91 Å². The number of nitrogens with zero attached hydrogens (tertiary/aromatic N) is 1. The van der Waals surface area contributed by atoms with Crippen molar-refractivity contribution in [2.75, 3.05) is 41.8 Å². The molecule has 2 saturated heterocycles. The molecular weight excluding hydrogens is 451 g/mol. The summed E-state index contributed by atoms with van der Waals surface area (Å²) in [7, 11) is 0. The van der Waals surface area contributed by atoms with Crippen LogP contribution in [0.15, 0.2) is 36.4 Å². The first-order valence-electron chi connectivity index (χ1n) is 10.8. The minimum atomic E-state index is -0.464. The molecule has 1 atom stereocenters. The second-order valence-electron chi connectivity index (χ2n) is 7.97. The van der Waals surface area contributed by atoms with E-state index in [1.54, 1.807) is 30.3 Å². The maximum atomic E-state index is 13.0. The molecule has 4 rings (SSSR count). The summed E-state index contributed by atoms with van der Waals surface area (Å²) in [5.41, 5.74) is 2.36. The topological polar surface area (TPSA) is 82.7 Å². The van der Waals surface area contributed by atoms with Gasteiger partial charge in [-0.05, 0) is 62.1 Å². The van der Waals surface area contributed by atoms with Crippen LogP contribution in [0, 0.1) is 0 Å². The number of ether oxygens (including phenoxy) is 1. The van der Waals surface area contributed by atoms with E-state index in [1.807, 2.05) is 6.07 Å². The number of benzene rings is 2. The molecule has 2 aliphatic heterocycles. The Morgan fingerprint density at radius 3 is 2.56 bits per heavy atom. The number of urea groups is 1. The van der Waals surface area contributed by atoms with E-state index in [9.17, 15) is 9.59 Å². The lowest BCUT2D eigenvalue weighted by Crippen LogP contribution is -2.33. The summed E-state index contributed by atoms with van der Waals surface area (Å²) in [5.74, 6) is -0.174. The third kappa shape index (κ3) is 5.65. The highest BCUT2D eigenvalue weighted by Gasteiger charge is 2.22. The molecule has 0 bridgehead atoms. The molecule has 3 N–H and O–H groups in total. The Morgan fingerprint density at radius 2 is 1.84 bits per heavy atom. The Kier molecular flexibility index (Phi) is 7.40. The zero-order valence-electron chi connectivity index (χ0n) is 17.6. The smallest absolute Gasteiger partial charge is 0.323 e. The minimum absolute atomic E-state index is 0.0606. The lowest BCUT2D eigenvalue weighted by atomic mass is 10.1. The van der Waals surface area contributed by atoms with Crippen molar-refractivity contribution in [3.8, 4) is 0 Å². The van der Waals surface area contributed by atoms with Crippen LogP contribution in [-0.4, -0.2) is 44.3 Å². The highest BCUT2D eigenvalue weighted by molar-refractivity contribution is 6.36. The fourth-order valence-electron chi connectivity index (χ4n) is 4.01. The number of amides is 3. The molecule has 170 valence electrons. The highest BCUT2D eigenvalue weighted by atomic mass is 35.5. The average Bonchev–Trinajstić information content (AvgIpc) is 3.48. The summed E-state index contributed by atoms with van der Waals surface area (Å²) in [6.45, 7) is 3.04. The normalized spacial score (nSPS) is 17.9. The summed E-state index contributed by atoms with van der Waals surface area (Å²) in [5, 5.41) is 9.29. The van der Waals surface area contributed by atoms with Crippen LogP contribution in [0.4, 0.5) is 21.9 Å². The molecule has 7 nitrogen and oxygen atoms in total. The van der Waals surface area contributed by atoms with Crippen molar-refractivity contribution >= 4 is 52.2 Å². The van der Waals surface area contributed by atoms with Gasteiger partial charge < -0.3 is 25.6 Å². The second-order valence-corrected chi connectivity index (χ2v) is 8.82. The van der Waals surface area contributed by atoms with Crippen LogP contribution in [0.25, 0.3) is 0 Å². The van der Waals surface area contributed by atoms with Gasteiger partial charge in [-0.2, -0.15) is 0 Å². The summed E-state index contributed by atoms with van der Waals surface area (Å²) in [6.07, 6.45) is 4.23. The van der Waals surface area contributed by atoms with Crippen molar-refractivity contribution in [2.24, 2.45) is 0 Å². The quantitative estimate of drug-likeness (QED) is 0.538. The molecule has 9 heteroatoms. The molecule has 2 fully saturated rings. The molecule has 1 unspecified atom stereocenters. The summed E-state index contributed by atoms with van der Waals surface area (Å²) in [4.78, 5) is 27.7. The first kappa shape index (κ1) is 22.7. The highest BCUT2D eigenvalue weighted by Crippen LogP contribution is 2.29. The van der Waals surface area contributed by atoms with Gasteiger partial charge >= 0.3 is 6.03 Å². The summed E-state index contributed by atoms with van der Waals surface area (Å²) >= 11 is 12.0. The molecule has 3 amide bonds. The molecule has 2 aromatic carbocycles. The number of nitrogens with one attached hydrogen (secondary N) is 3. The number of hydrogen-bond acceptors (Lipinski definition) is 4. The van der Waals surface area contributed by atoms with E-state index in [1.165, 1.54) is 0 Å².